The number of fused-ring (bicyclic) bond motifs is 2. The molecule has 0 N–H and O–H groups in total. The van der Waals surface area contributed by atoms with Gasteiger partial charge in [0.1, 0.15) is 23.2 Å². The predicted octanol–water partition coefficient (Wildman–Crippen LogP) is 3.65. The summed E-state index contributed by atoms with van der Waals surface area (Å²) in [6, 6.07) is 12.0. The summed E-state index contributed by atoms with van der Waals surface area (Å²) in [4.78, 5) is 5.52. The van der Waals surface area contributed by atoms with E-state index in [1.54, 1.807) is 4.90 Å². The maximum Gasteiger partial charge on any atom is 0.433 e. The van der Waals surface area contributed by atoms with Gasteiger partial charge in [-0.3, -0.25) is 0 Å². The lowest BCUT2D eigenvalue weighted by Crippen LogP contribution is -2.49. The number of aromatic nitrogens is 1. The molecule has 2 aromatic rings. The van der Waals surface area contributed by atoms with E-state index in [9.17, 15) is 18.4 Å². The number of rotatable bonds is 1. The van der Waals surface area contributed by atoms with Crippen molar-refractivity contribution >= 4 is 5.82 Å². The van der Waals surface area contributed by atoms with E-state index >= 15 is 0 Å². The molecule has 1 unspecified atom stereocenters. The molecular formula is C19H16F3N3O. The zero-order chi connectivity index (χ0) is 18.4. The normalized spacial score (nSPS) is 22.3. The third-order valence-corrected chi connectivity index (χ3v) is 5.08. The molecule has 1 aromatic heterocycles. The number of pyridine rings is 1. The summed E-state index contributed by atoms with van der Waals surface area (Å²) in [6.45, 7) is 1.15. The molecule has 4 nitrogen and oxygen atoms in total. The fraction of sp³-hybridized carbons (Fsp3) is 0.368. The molecule has 1 fully saturated rings. The number of nitriles is 1. The fourth-order valence-electron chi connectivity index (χ4n) is 3.87. The summed E-state index contributed by atoms with van der Waals surface area (Å²) in [6.07, 6.45) is -2.92. The Hall–Kier alpha value is -2.59. The molecule has 0 radical (unpaired) electrons. The van der Waals surface area contributed by atoms with E-state index in [1.807, 2.05) is 24.3 Å². The Kier molecular flexibility index (Phi) is 3.88. The highest BCUT2D eigenvalue weighted by molar-refractivity contribution is 5.56. The first kappa shape index (κ1) is 16.9. The first-order chi connectivity index (χ1) is 12.4. The SMILES string of the molecule is N#Cc1ccc(C(F)(F)F)nc1N1CCOC2(CCc3ccccc32)C1. The van der Waals surface area contributed by atoms with Crippen LogP contribution >= 0.6 is 0 Å². The van der Waals surface area contributed by atoms with Gasteiger partial charge in [0.15, 0.2) is 0 Å². The van der Waals surface area contributed by atoms with Gasteiger partial charge in [0.05, 0.1) is 18.7 Å². The minimum absolute atomic E-state index is 0.0781. The number of hydrogen-bond acceptors (Lipinski definition) is 4. The summed E-state index contributed by atoms with van der Waals surface area (Å²) in [5.74, 6) is 0.0781. The Morgan fingerprint density at radius 1 is 1.19 bits per heavy atom. The molecule has 2 aliphatic rings. The lowest BCUT2D eigenvalue weighted by atomic mass is 9.93. The lowest BCUT2D eigenvalue weighted by Gasteiger charge is -2.42. The van der Waals surface area contributed by atoms with Crippen molar-refractivity contribution in [2.45, 2.75) is 24.6 Å². The number of anilines is 1. The number of hydrogen-bond donors (Lipinski definition) is 0. The number of halogens is 3. The van der Waals surface area contributed by atoms with Crippen molar-refractivity contribution in [3.63, 3.8) is 0 Å². The van der Waals surface area contributed by atoms with Crippen LogP contribution in [0.4, 0.5) is 19.0 Å². The van der Waals surface area contributed by atoms with Gasteiger partial charge < -0.3 is 9.64 Å². The summed E-state index contributed by atoms with van der Waals surface area (Å²) in [5.41, 5.74) is 0.875. The van der Waals surface area contributed by atoms with Crippen LogP contribution in [0.25, 0.3) is 0 Å². The summed E-state index contributed by atoms with van der Waals surface area (Å²) < 4.78 is 45.3. The molecule has 1 aliphatic heterocycles. The van der Waals surface area contributed by atoms with Gasteiger partial charge in [-0.1, -0.05) is 24.3 Å². The lowest BCUT2D eigenvalue weighted by molar-refractivity contribution is -0.141. The Labute approximate surface area is 148 Å². The summed E-state index contributed by atoms with van der Waals surface area (Å²) in [5, 5.41) is 9.33. The van der Waals surface area contributed by atoms with Crippen LogP contribution in [-0.4, -0.2) is 24.7 Å². The molecule has 0 bridgehead atoms. The van der Waals surface area contributed by atoms with Gasteiger partial charge in [-0.2, -0.15) is 18.4 Å². The number of morpholine rings is 1. The molecule has 2 heterocycles. The van der Waals surface area contributed by atoms with E-state index < -0.39 is 17.5 Å². The molecule has 26 heavy (non-hydrogen) atoms. The highest BCUT2D eigenvalue weighted by Gasteiger charge is 2.44. The van der Waals surface area contributed by atoms with Crippen molar-refractivity contribution in [1.82, 2.24) is 4.98 Å². The van der Waals surface area contributed by atoms with Gasteiger partial charge >= 0.3 is 6.18 Å². The van der Waals surface area contributed by atoms with Crippen molar-refractivity contribution in [1.29, 1.82) is 5.26 Å². The Bertz CT molecular complexity index is 886. The average Bonchev–Trinajstić information content (AvgIpc) is 2.99. The molecule has 1 aromatic carbocycles. The van der Waals surface area contributed by atoms with Gasteiger partial charge in [0.2, 0.25) is 0 Å². The standard InChI is InChI=1S/C19H16F3N3O/c20-19(21,22)16-6-5-14(11-23)17(24-16)25-9-10-26-18(12-25)8-7-13-3-1-2-4-15(13)18/h1-6H,7-10,12H2. The molecule has 1 aliphatic carbocycles. The minimum Gasteiger partial charge on any atom is -0.367 e. The van der Waals surface area contributed by atoms with Crippen molar-refractivity contribution < 1.29 is 17.9 Å². The molecule has 7 heteroatoms. The molecule has 0 saturated carbocycles. The van der Waals surface area contributed by atoms with Crippen molar-refractivity contribution in [2.24, 2.45) is 0 Å². The van der Waals surface area contributed by atoms with E-state index in [4.69, 9.17) is 4.74 Å². The number of alkyl halides is 3. The highest BCUT2D eigenvalue weighted by Crippen LogP contribution is 2.43. The largest absolute Gasteiger partial charge is 0.433 e. The van der Waals surface area contributed by atoms with Crippen molar-refractivity contribution in [3.05, 3.63) is 58.8 Å². The maximum absolute atomic E-state index is 13.1. The van der Waals surface area contributed by atoms with Gasteiger partial charge in [0, 0.05) is 6.54 Å². The first-order valence-electron chi connectivity index (χ1n) is 8.39. The second-order valence-electron chi connectivity index (χ2n) is 6.60. The van der Waals surface area contributed by atoms with E-state index in [1.165, 1.54) is 11.6 Å². The quantitative estimate of drug-likeness (QED) is 0.780. The molecule has 4 rings (SSSR count). The van der Waals surface area contributed by atoms with E-state index in [-0.39, 0.29) is 11.4 Å². The smallest absolute Gasteiger partial charge is 0.367 e. The maximum atomic E-state index is 13.1. The summed E-state index contributed by atoms with van der Waals surface area (Å²) >= 11 is 0. The van der Waals surface area contributed by atoms with Crippen LogP contribution in [0.2, 0.25) is 0 Å². The number of benzene rings is 1. The van der Waals surface area contributed by atoms with Crippen LogP contribution in [0.1, 0.15) is 28.8 Å². The number of aryl methyl sites for hydroxylation is 1. The number of nitrogens with zero attached hydrogens (tertiary/aromatic N) is 3. The predicted molar refractivity (Wildman–Crippen MR) is 88.6 cm³/mol. The van der Waals surface area contributed by atoms with Gasteiger partial charge in [-0.15, -0.1) is 0 Å². The fourth-order valence-corrected chi connectivity index (χ4v) is 3.87. The third kappa shape index (κ3) is 2.71. The molecule has 0 amide bonds. The van der Waals surface area contributed by atoms with Crippen molar-refractivity contribution in [3.8, 4) is 6.07 Å². The minimum atomic E-state index is -4.55. The van der Waals surface area contributed by atoms with Gasteiger partial charge in [0.25, 0.3) is 0 Å². The van der Waals surface area contributed by atoms with E-state index in [0.29, 0.717) is 19.7 Å². The molecule has 1 atom stereocenters. The molecular weight excluding hydrogens is 343 g/mol. The topological polar surface area (TPSA) is 49.2 Å². The third-order valence-electron chi connectivity index (χ3n) is 5.08. The zero-order valence-electron chi connectivity index (χ0n) is 13.9. The monoisotopic (exact) mass is 359 g/mol. The molecule has 1 spiro atoms. The van der Waals surface area contributed by atoms with E-state index in [0.717, 1.165) is 24.5 Å². The van der Waals surface area contributed by atoms with E-state index in [2.05, 4.69) is 11.1 Å². The molecule has 134 valence electrons. The van der Waals surface area contributed by atoms with Crippen molar-refractivity contribution in [2.75, 3.05) is 24.6 Å². The Morgan fingerprint density at radius 2 is 2.00 bits per heavy atom. The van der Waals surface area contributed by atoms with Gasteiger partial charge in [-0.05, 0) is 36.1 Å². The zero-order valence-corrected chi connectivity index (χ0v) is 13.9. The van der Waals surface area contributed by atoms with Crippen LogP contribution in [0, 0.1) is 11.3 Å². The average molecular weight is 359 g/mol. The van der Waals surface area contributed by atoms with Crippen LogP contribution in [0.15, 0.2) is 36.4 Å². The van der Waals surface area contributed by atoms with Crippen LogP contribution in [-0.2, 0) is 22.9 Å². The Morgan fingerprint density at radius 3 is 2.77 bits per heavy atom. The highest BCUT2D eigenvalue weighted by atomic mass is 19.4. The van der Waals surface area contributed by atoms with Crippen LogP contribution < -0.4 is 4.90 Å². The van der Waals surface area contributed by atoms with Crippen LogP contribution in [0.5, 0.6) is 0 Å². The Balaban J connectivity index is 1.73. The second kappa shape index (κ2) is 5.99. The number of ether oxygens (including phenoxy) is 1. The second-order valence-corrected chi connectivity index (χ2v) is 6.60. The molecule has 1 saturated heterocycles. The summed E-state index contributed by atoms with van der Waals surface area (Å²) in [7, 11) is 0. The first-order valence-corrected chi connectivity index (χ1v) is 8.39. The van der Waals surface area contributed by atoms with Gasteiger partial charge in [-0.25, -0.2) is 4.98 Å². The van der Waals surface area contributed by atoms with Crippen LogP contribution in [0.3, 0.4) is 0 Å².